The number of hydrogen-bond acceptors (Lipinski definition) is 2. The number of hydrogen-bond donors (Lipinski definition) is 1. The van der Waals surface area contributed by atoms with E-state index >= 15 is 0 Å². The van der Waals surface area contributed by atoms with E-state index in [0.29, 0.717) is 6.42 Å². The van der Waals surface area contributed by atoms with Crippen molar-refractivity contribution in [2.75, 3.05) is 5.32 Å². The zero-order chi connectivity index (χ0) is 12.4. The molecule has 0 radical (unpaired) electrons. The first-order valence-corrected chi connectivity index (χ1v) is 6.24. The lowest BCUT2D eigenvalue weighted by molar-refractivity contribution is -0.119. The summed E-state index contributed by atoms with van der Waals surface area (Å²) >= 11 is 0. The van der Waals surface area contributed by atoms with Crippen LogP contribution >= 0.6 is 0 Å². The molecule has 0 saturated heterocycles. The van der Waals surface area contributed by atoms with Crippen molar-refractivity contribution in [2.45, 2.75) is 18.9 Å². The highest BCUT2D eigenvalue weighted by Gasteiger charge is 2.25. The van der Waals surface area contributed by atoms with Crippen LogP contribution in [0.2, 0.25) is 0 Å². The molecule has 0 aromatic heterocycles. The van der Waals surface area contributed by atoms with Crippen LogP contribution in [0, 0.1) is 0 Å². The minimum Gasteiger partial charge on any atom is -0.375 e. The fraction of sp³-hybridized carbons (Fsp3) is 0.188. The smallest absolute Gasteiger partial charge is 0.159 e. The predicted molar refractivity (Wildman–Crippen MR) is 72.7 cm³/mol. The average molecular weight is 237 g/mol. The van der Waals surface area contributed by atoms with Crippen LogP contribution in [-0.4, -0.2) is 11.8 Å². The van der Waals surface area contributed by atoms with Crippen LogP contribution in [0.1, 0.15) is 11.1 Å². The highest BCUT2D eigenvalue weighted by molar-refractivity contribution is 5.90. The van der Waals surface area contributed by atoms with Crippen LogP contribution < -0.4 is 5.32 Å². The van der Waals surface area contributed by atoms with Gasteiger partial charge in [0.2, 0.25) is 0 Å². The van der Waals surface area contributed by atoms with Gasteiger partial charge in [0.15, 0.2) is 5.78 Å². The third-order valence-corrected chi connectivity index (χ3v) is 3.38. The maximum atomic E-state index is 12.2. The molecule has 18 heavy (non-hydrogen) atoms. The third kappa shape index (κ3) is 2.14. The van der Waals surface area contributed by atoms with E-state index in [4.69, 9.17) is 0 Å². The number of carbonyl (C=O) groups is 1. The third-order valence-electron chi connectivity index (χ3n) is 3.38. The van der Waals surface area contributed by atoms with Gasteiger partial charge in [0.05, 0.1) is 6.04 Å². The van der Waals surface area contributed by atoms with Gasteiger partial charge in [-0.15, -0.1) is 0 Å². The summed E-state index contributed by atoms with van der Waals surface area (Å²) in [5.41, 5.74) is 3.42. The zero-order valence-electron chi connectivity index (χ0n) is 10.1. The van der Waals surface area contributed by atoms with Crippen molar-refractivity contribution in [2.24, 2.45) is 0 Å². The van der Waals surface area contributed by atoms with Crippen molar-refractivity contribution < 1.29 is 4.79 Å². The lowest BCUT2D eigenvalue weighted by atomic mass is 10.0. The molecule has 2 heteroatoms. The Hall–Kier alpha value is -2.09. The number of ketones is 1. The quantitative estimate of drug-likeness (QED) is 0.889. The van der Waals surface area contributed by atoms with E-state index in [1.54, 1.807) is 0 Å². The van der Waals surface area contributed by atoms with E-state index in [0.717, 1.165) is 17.7 Å². The van der Waals surface area contributed by atoms with E-state index < -0.39 is 0 Å². The minimum absolute atomic E-state index is 0.0670. The van der Waals surface area contributed by atoms with Gasteiger partial charge in [-0.05, 0) is 17.2 Å². The second-order valence-electron chi connectivity index (χ2n) is 4.69. The largest absolute Gasteiger partial charge is 0.375 e. The van der Waals surface area contributed by atoms with E-state index in [1.165, 1.54) is 5.56 Å². The Morgan fingerprint density at radius 1 is 1.06 bits per heavy atom. The fourth-order valence-corrected chi connectivity index (χ4v) is 2.41. The molecule has 0 amide bonds. The molecule has 3 rings (SSSR count). The van der Waals surface area contributed by atoms with E-state index in [-0.39, 0.29) is 11.8 Å². The van der Waals surface area contributed by atoms with E-state index in [9.17, 15) is 4.79 Å². The van der Waals surface area contributed by atoms with Gasteiger partial charge in [-0.25, -0.2) is 0 Å². The van der Waals surface area contributed by atoms with Crippen LogP contribution in [0.3, 0.4) is 0 Å². The molecule has 0 saturated carbocycles. The summed E-state index contributed by atoms with van der Waals surface area (Å²) in [5, 5.41) is 3.30. The van der Waals surface area contributed by atoms with Crippen molar-refractivity contribution in [1.82, 2.24) is 0 Å². The Balaban J connectivity index is 1.70. The summed E-state index contributed by atoms with van der Waals surface area (Å²) in [6.07, 6.45) is 1.31. The summed E-state index contributed by atoms with van der Waals surface area (Å²) in [6.45, 7) is 0. The van der Waals surface area contributed by atoms with Crippen LogP contribution in [-0.2, 0) is 17.6 Å². The summed E-state index contributed by atoms with van der Waals surface area (Å²) in [6, 6.07) is 18.0. The first-order valence-electron chi connectivity index (χ1n) is 6.24. The molecule has 1 heterocycles. The Bertz CT molecular complexity index is 537. The summed E-state index contributed by atoms with van der Waals surface area (Å²) in [7, 11) is 0. The standard InChI is InChI=1S/C16H15NO/c18-16(10-12-6-2-1-3-7-12)15-11-13-8-4-5-9-14(13)17-15/h1-9,15,17H,10-11H2. The molecule has 0 aliphatic carbocycles. The summed E-state index contributed by atoms with van der Waals surface area (Å²) in [5.74, 6) is 0.261. The lowest BCUT2D eigenvalue weighted by Gasteiger charge is -2.09. The molecule has 2 aromatic carbocycles. The average Bonchev–Trinajstić information content (AvgIpc) is 2.84. The van der Waals surface area contributed by atoms with Crippen LogP contribution in [0.5, 0.6) is 0 Å². The van der Waals surface area contributed by atoms with Crippen molar-refractivity contribution in [3.05, 3.63) is 65.7 Å². The molecule has 0 spiro atoms. The summed E-state index contributed by atoms with van der Waals surface area (Å²) in [4.78, 5) is 12.2. The fourth-order valence-electron chi connectivity index (χ4n) is 2.41. The Morgan fingerprint density at radius 2 is 1.78 bits per heavy atom. The van der Waals surface area contributed by atoms with Crippen molar-refractivity contribution in [3.8, 4) is 0 Å². The van der Waals surface area contributed by atoms with Gasteiger partial charge < -0.3 is 5.32 Å². The van der Waals surface area contributed by atoms with Crippen molar-refractivity contribution >= 4 is 11.5 Å². The molecule has 0 bridgehead atoms. The number of benzene rings is 2. The van der Waals surface area contributed by atoms with Gasteiger partial charge in [0.25, 0.3) is 0 Å². The number of rotatable bonds is 3. The highest BCUT2D eigenvalue weighted by atomic mass is 16.1. The molecule has 1 unspecified atom stereocenters. The predicted octanol–water partition coefficient (Wildman–Crippen LogP) is 2.84. The first-order chi connectivity index (χ1) is 8.83. The van der Waals surface area contributed by atoms with Gasteiger partial charge in [0.1, 0.15) is 0 Å². The molecular formula is C16H15NO. The summed E-state index contributed by atoms with van der Waals surface area (Å²) < 4.78 is 0. The second kappa shape index (κ2) is 4.65. The van der Waals surface area contributed by atoms with Gasteiger partial charge in [0, 0.05) is 18.5 Å². The molecule has 2 aromatic rings. The van der Waals surface area contributed by atoms with Crippen molar-refractivity contribution in [1.29, 1.82) is 0 Å². The van der Waals surface area contributed by atoms with Gasteiger partial charge in [-0.1, -0.05) is 48.5 Å². The van der Waals surface area contributed by atoms with Gasteiger partial charge in [-0.3, -0.25) is 4.79 Å². The van der Waals surface area contributed by atoms with E-state index in [1.807, 2.05) is 48.5 Å². The highest BCUT2D eigenvalue weighted by Crippen LogP contribution is 2.25. The molecule has 1 aliphatic heterocycles. The number of anilines is 1. The Morgan fingerprint density at radius 3 is 2.56 bits per heavy atom. The molecule has 1 N–H and O–H groups in total. The molecule has 2 nitrogen and oxygen atoms in total. The number of nitrogens with one attached hydrogen (secondary N) is 1. The molecule has 90 valence electrons. The molecule has 1 aliphatic rings. The number of carbonyl (C=O) groups excluding carboxylic acids is 1. The van der Waals surface area contributed by atoms with Crippen LogP contribution in [0.4, 0.5) is 5.69 Å². The van der Waals surface area contributed by atoms with Crippen LogP contribution in [0.25, 0.3) is 0 Å². The second-order valence-corrected chi connectivity index (χ2v) is 4.69. The van der Waals surface area contributed by atoms with Gasteiger partial charge >= 0.3 is 0 Å². The first kappa shape index (κ1) is 11.0. The maximum absolute atomic E-state index is 12.2. The van der Waals surface area contributed by atoms with E-state index in [2.05, 4.69) is 11.4 Å². The maximum Gasteiger partial charge on any atom is 0.159 e. The Labute approximate surface area is 107 Å². The normalized spacial score (nSPS) is 17.0. The zero-order valence-corrected chi connectivity index (χ0v) is 10.1. The number of Topliss-reactive ketones (excluding diaryl/α,β-unsaturated/α-hetero) is 1. The SMILES string of the molecule is O=C(Cc1ccccc1)C1Cc2ccccc2N1. The van der Waals surface area contributed by atoms with Crippen molar-refractivity contribution in [3.63, 3.8) is 0 Å². The Kier molecular flexibility index (Phi) is 2.85. The molecule has 1 atom stereocenters. The molecule has 0 fully saturated rings. The van der Waals surface area contributed by atoms with Crippen LogP contribution in [0.15, 0.2) is 54.6 Å². The number of fused-ring (bicyclic) bond motifs is 1. The van der Waals surface area contributed by atoms with Gasteiger partial charge in [-0.2, -0.15) is 0 Å². The topological polar surface area (TPSA) is 29.1 Å². The monoisotopic (exact) mass is 237 g/mol. The lowest BCUT2D eigenvalue weighted by Crippen LogP contribution is -2.28. The molecular weight excluding hydrogens is 222 g/mol. The minimum atomic E-state index is -0.0670. The number of para-hydroxylation sites is 1.